The molecular formula is C25H19NO9. The number of carbonyl (C=O) groups is 3. The predicted octanol–water partition coefficient (Wildman–Crippen LogP) is 2.84. The molecule has 10 heteroatoms. The van der Waals surface area contributed by atoms with Gasteiger partial charge in [0.15, 0.2) is 5.60 Å². The second-order valence-electron chi connectivity index (χ2n) is 8.11. The molecule has 2 aliphatic heterocycles. The molecule has 178 valence electrons. The van der Waals surface area contributed by atoms with Crippen molar-refractivity contribution >= 4 is 17.9 Å². The molecule has 2 unspecified atom stereocenters. The summed E-state index contributed by atoms with van der Waals surface area (Å²) in [5.41, 5.74) is -0.564. The largest absolute Gasteiger partial charge is 0.508 e. The van der Waals surface area contributed by atoms with Gasteiger partial charge in [0, 0.05) is 23.3 Å². The summed E-state index contributed by atoms with van der Waals surface area (Å²) >= 11 is 0. The Morgan fingerprint density at radius 2 is 1.77 bits per heavy atom. The first-order chi connectivity index (χ1) is 16.7. The lowest BCUT2D eigenvalue weighted by atomic mass is 9.75. The Kier molecular flexibility index (Phi) is 5.10. The number of carbonyl (C=O) groups excluding carboxylic acids is 2. The molecule has 2 heterocycles. The molecule has 0 aliphatic carbocycles. The fraction of sp³-hybridized carbons (Fsp3) is 0.160. The zero-order chi connectivity index (χ0) is 24.9. The van der Waals surface area contributed by atoms with Crippen molar-refractivity contribution in [1.82, 2.24) is 5.32 Å². The Morgan fingerprint density at radius 3 is 2.54 bits per heavy atom. The SMILES string of the molecule is CC(NCOC(=O)c1cc(O)cc2c1C1(OC(=O)c3ccccc31)c1ccc(O)cc1O2)C(=O)O. The summed E-state index contributed by atoms with van der Waals surface area (Å²) in [6.45, 7) is 0.960. The van der Waals surface area contributed by atoms with Crippen molar-refractivity contribution in [2.24, 2.45) is 0 Å². The number of esters is 2. The van der Waals surface area contributed by atoms with Crippen LogP contribution in [0, 0.1) is 0 Å². The van der Waals surface area contributed by atoms with Crippen molar-refractivity contribution in [2.45, 2.75) is 18.6 Å². The topological polar surface area (TPSA) is 152 Å². The highest BCUT2D eigenvalue weighted by Gasteiger charge is 2.55. The van der Waals surface area contributed by atoms with E-state index in [2.05, 4.69) is 5.32 Å². The Balaban J connectivity index is 1.69. The molecule has 0 fully saturated rings. The van der Waals surface area contributed by atoms with Crippen LogP contribution in [0.4, 0.5) is 0 Å². The van der Waals surface area contributed by atoms with E-state index in [0.717, 1.165) is 6.07 Å². The molecule has 0 bridgehead atoms. The number of phenolic OH excluding ortho intramolecular Hbond substituents is 2. The number of aliphatic carboxylic acids is 1. The molecule has 0 saturated carbocycles. The lowest BCUT2D eigenvalue weighted by Crippen LogP contribution is -2.37. The molecule has 4 N–H and O–H groups in total. The van der Waals surface area contributed by atoms with Gasteiger partial charge in [0.1, 0.15) is 35.8 Å². The van der Waals surface area contributed by atoms with Crippen LogP contribution in [0.1, 0.15) is 44.3 Å². The van der Waals surface area contributed by atoms with E-state index in [0.29, 0.717) is 11.1 Å². The van der Waals surface area contributed by atoms with Gasteiger partial charge in [-0.1, -0.05) is 18.2 Å². The fourth-order valence-corrected chi connectivity index (χ4v) is 4.35. The standard InChI is InChI=1S/C25H19NO9/c1-12(22(29)30)26-11-33-23(31)16-8-14(28)10-20-21(16)25(18-7-6-13(27)9-19(18)34-20)17-5-3-2-4-15(17)24(32)35-25/h2-10,12,26-28H,11H2,1H3,(H,29,30). The molecule has 5 rings (SSSR count). The maximum atomic E-state index is 13.2. The number of ether oxygens (including phenoxy) is 3. The smallest absolute Gasteiger partial charge is 0.340 e. The number of rotatable bonds is 5. The number of carboxylic acids is 1. The van der Waals surface area contributed by atoms with Crippen LogP contribution < -0.4 is 10.1 Å². The van der Waals surface area contributed by atoms with E-state index >= 15 is 0 Å². The van der Waals surface area contributed by atoms with E-state index < -0.39 is 36.3 Å². The van der Waals surface area contributed by atoms with Crippen molar-refractivity contribution in [3.63, 3.8) is 0 Å². The molecule has 10 nitrogen and oxygen atoms in total. The third-order valence-corrected chi connectivity index (χ3v) is 5.96. The van der Waals surface area contributed by atoms with E-state index in [1.165, 1.54) is 31.2 Å². The van der Waals surface area contributed by atoms with Crippen molar-refractivity contribution in [3.05, 3.63) is 82.4 Å². The van der Waals surface area contributed by atoms with Gasteiger partial charge < -0.3 is 29.5 Å². The van der Waals surface area contributed by atoms with Crippen molar-refractivity contribution in [2.75, 3.05) is 6.73 Å². The third-order valence-electron chi connectivity index (χ3n) is 5.96. The van der Waals surface area contributed by atoms with Gasteiger partial charge in [0.05, 0.1) is 16.7 Å². The van der Waals surface area contributed by atoms with E-state index in [9.17, 15) is 24.6 Å². The van der Waals surface area contributed by atoms with Crippen LogP contribution >= 0.6 is 0 Å². The molecule has 35 heavy (non-hydrogen) atoms. The first-order valence-electron chi connectivity index (χ1n) is 10.6. The highest BCUT2D eigenvalue weighted by Crippen LogP contribution is 2.58. The molecule has 0 saturated heterocycles. The van der Waals surface area contributed by atoms with Gasteiger partial charge in [-0.3, -0.25) is 10.1 Å². The summed E-state index contributed by atoms with van der Waals surface area (Å²) in [4.78, 5) is 37.1. The van der Waals surface area contributed by atoms with Crippen molar-refractivity contribution in [3.8, 4) is 23.0 Å². The Labute approximate surface area is 198 Å². The van der Waals surface area contributed by atoms with Crippen LogP contribution in [0.2, 0.25) is 0 Å². The van der Waals surface area contributed by atoms with Gasteiger partial charge in [-0.15, -0.1) is 0 Å². The molecule has 0 aromatic heterocycles. The van der Waals surface area contributed by atoms with Gasteiger partial charge in [-0.2, -0.15) is 0 Å². The quantitative estimate of drug-likeness (QED) is 0.319. The van der Waals surface area contributed by atoms with E-state index in [1.807, 2.05) is 0 Å². The van der Waals surface area contributed by atoms with Gasteiger partial charge in [0.25, 0.3) is 0 Å². The lowest BCUT2D eigenvalue weighted by molar-refractivity contribution is -0.139. The molecule has 0 radical (unpaired) electrons. The molecule has 3 aromatic rings. The van der Waals surface area contributed by atoms with Crippen molar-refractivity contribution < 1.29 is 43.9 Å². The van der Waals surface area contributed by atoms with Crippen LogP contribution in [0.25, 0.3) is 0 Å². The zero-order valence-electron chi connectivity index (χ0n) is 18.3. The normalized spacial score (nSPS) is 18.0. The highest BCUT2D eigenvalue weighted by molar-refractivity contribution is 6.00. The number of benzene rings is 3. The second-order valence-corrected chi connectivity index (χ2v) is 8.11. The molecule has 2 atom stereocenters. The van der Waals surface area contributed by atoms with E-state index in [4.69, 9.17) is 19.3 Å². The van der Waals surface area contributed by atoms with Gasteiger partial charge >= 0.3 is 17.9 Å². The number of carboxylic acid groups (broad SMARTS) is 1. The second kappa shape index (κ2) is 8.03. The number of aromatic hydroxyl groups is 2. The number of hydrogen-bond acceptors (Lipinski definition) is 9. The first kappa shape index (κ1) is 22.2. The summed E-state index contributed by atoms with van der Waals surface area (Å²) in [7, 11) is 0. The number of fused-ring (bicyclic) bond motifs is 6. The molecule has 3 aromatic carbocycles. The fourth-order valence-electron chi connectivity index (χ4n) is 4.35. The number of nitrogens with one attached hydrogen (secondary N) is 1. The van der Waals surface area contributed by atoms with E-state index in [-0.39, 0.29) is 39.7 Å². The highest BCUT2D eigenvalue weighted by atomic mass is 16.6. The van der Waals surface area contributed by atoms with Crippen LogP contribution in [0.15, 0.2) is 54.6 Å². The maximum Gasteiger partial charge on any atom is 0.340 e. The molecule has 2 aliphatic rings. The molecular weight excluding hydrogens is 458 g/mol. The van der Waals surface area contributed by atoms with E-state index in [1.54, 1.807) is 24.3 Å². The van der Waals surface area contributed by atoms with Gasteiger partial charge in [-0.05, 0) is 31.2 Å². The number of hydrogen-bond donors (Lipinski definition) is 4. The Bertz CT molecular complexity index is 1400. The van der Waals surface area contributed by atoms with Crippen LogP contribution in [-0.2, 0) is 19.9 Å². The minimum Gasteiger partial charge on any atom is -0.508 e. The summed E-state index contributed by atoms with van der Waals surface area (Å²) in [6.07, 6.45) is 0. The monoisotopic (exact) mass is 477 g/mol. The summed E-state index contributed by atoms with van der Waals surface area (Å²) in [5, 5.41) is 31.9. The summed E-state index contributed by atoms with van der Waals surface area (Å²) in [6, 6.07) is 12.4. The van der Waals surface area contributed by atoms with Gasteiger partial charge in [0.2, 0.25) is 0 Å². The van der Waals surface area contributed by atoms with Crippen LogP contribution in [0.5, 0.6) is 23.0 Å². The van der Waals surface area contributed by atoms with Gasteiger partial charge in [-0.25, -0.2) is 9.59 Å². The van der Waals surface area contributed by atoms with Crippen LogP contribution in [0.3, 0.4) is 0 Å². The van der Waals surface area contributed by atoms with Crippen molar-refractivity contribution in [1.29, 1.82) is 0 Å². The van der Waals surface area contributed by atoms with Crippen LogP contribution in [-0.4, -0.2) is 46.0 Å². The predicted molar refractivity (Wildman–Crippen MR) is 119 cm³/mol. The minimum absolute atomic E-state index is 0.0198. The minimum atomic E-state index is -1.63. The Hall–Kier alpha value is -4.57. The summed E-state index contributed by atoms with van der Waals surface area (Å²) < 4.78 is 17.1. The molecule has 0 amide bonds. The average molecular weight is 477 g/mol. The lowest BCUT2D eigenvalue weighted by Gasteiger charge is -2.37. The first-order valence-corrected chi connectivity index (χ1v) is 10.6. The number of phenols is 2. The Morgan fingerprint density at radius 1 is 1.03 bits per heavy atom. The third kappa shape index (κ3) is 3.42. The molecule has 1 spiro atoms. The maximum absolute atomic E-state index is 13.2. The summed E-state index contributed by atoms with van der Waals surface area (Å²) in [5.74, 6) is -2.89. The zero-order valence-corrected chi connectivity index (χ0v) is 18.3. The average Bonchev–Trinajstić information content (AvgIpc) is 3.10.